The number of hydrogen-bond donors (Lipinski definition) is 1. The van der Waals surface area contributed by atoms with Crippen LogP contribution in [0, 0.1) is 0 Å². The van der Waals surface area contributed by atoms with E-state index in [0.717, 1.165) is 60.8 Å². The van der Waals surface area contributed by atoms with Crippen molar-refractivity contribution in [3.63, 3.8) is 0 Å². The molecular formula is C42H47N2O5S+. The molecule has 0 aliphatic carbocycles. The predicted octanol–water partition coefficient (Wildman–Crippen LogP) is 9.99. The number of aryl methyl sites for hydroxylation is 1. The van der Waals surface area contributed by atoms with Gasteiger partial charge in [0.25, 0.3) is 0 Å². The van der Waals surface area contributed by atoms with E-state index < -0.39 is 10.1 Å². The Morgan fingerprint density at radius 2 is 1.48 bits per heavy atom. The van der Waals surface area contributed by atoms with Crippen LogP contribution in [-0.4, -0.2) is 28.1 Å². The molecular weight excluding hydrogens is 645 g/mol. The molecule has 260 valence electrons. The summed E-state index contributed by atoms with van der Waals surface area (Å²) in [4.78, 5) is 0.0901. The molecule has 5 aromatic carbocycles. The third-order valence-corrected chi connectivity index (χ3v) is 10.8. The molecule has 0 amide bonds. The van der Waals surface area contributed by atoms with Crippen LogP contribution < -0.4 is 18.9 Å². The average Bonchev–Trinajstić information content (AvgIpc) is 3.14. The van der Waals surface area contributed by atoms with Gasteiger partial charge >= 0.3 is 10.1 Å². The summed E-state index contributed by atoms with van der Waals surface area (Å²) in [6.07, 6.45) is 3.33. The molecule has 0 saturated carbocycles. The monoisotopic (exact) mass is 691 g/mol. The third kappa shape index (κ3) is 7.43. The zero-order chi connectivity index (χ0) is 35.1. The Bertz CT molecular complexity index is 2010. The van der Waals surface area contributed by atoms with E-state index in [1.54, 1.807) is 48.5 Å². The smallest absolute Gasteiger partial charge is 0.339 e. The van der Waals surface area contributed by atoms with Gasteiger partial charge in [-0.15, -0.1) is 0 Å². The fourth-order valence-corrected chi connectivity index (χ4v) is 7.69. The van der Waals surface area contributed by atoms with Gasteiger partial charge in [0.2, 0.25) is 0 Å². The Kier molecular flexibility index (Phi) is 10.9. The molecule has 6 rings (SSSR count). The normalized spacial score (nSPS) is 14.0. The minimum absolute atomic E-state index is 0.00765. The zero-order valence-corrected chi connectivity index (χ0v) is 30.2. The van der Waals surface area contributed by atoms with E-state index in [1.807, 2.05) is 13.0 Å². The van der Waals surface area contributed by atoms with Gasteiger partial charge in [-0.25, -0.2) is 5.43 Å². The molecule has 0 bridgehead atoms. The lowest BCUT2D eigenvalue weighted by Gasteiger charge is -2.37. The molecule has 5 aromatic rings. The van der Waals surface area contributed by atoms with Crippen molar-refractivity contribution in [1.29, 1.82) is 0 Å². The Hall–Kier alpha value is -4.63. The average molecular weight is 692 g/mol. The molecule has 8 heteroatoms. The zero-order valence-electron chi connectivity index (χ0n) is 29.4. The fourth-order valence-electron chi connectivity index (χ4n) is 6.75. The first-order valence-electron chi connectivity index (χ1n) is 17.7. The van der Waals surface area contributed by atoms with Crippen molar-refractivity contribution >= 4 is 21.5 Å². The van der Waals surface area contributed by atoms with Crippen molar-refractivity contribution in [3.05, 3.63) is 143 Å². The largest absolute Gasteiger partial charge is 0.456 e. The number of hydrogen-bond acceptors (Lipinski definition) is 6. The first-order valence-corrected chi connectivity index (χ1v) is 19.1. The number of rotatable bonds is 15. The number of benzene rings is 5. The number of para-hydroxylation sites is 1. The Labute approximate surface area is 297 Å². The third-order valence-electron chi connectivity index (χ3n) is 9.57. The summed E-state index contributed by atoms with van der Waals surface area (Å²) in [6.45, 7) is 11.2. The van der Waals surface area contributed by atoms with Crippen LogP contribution in [0.1, 0.15) is 74.3 Å². The molecule has 1 aliphatic heterocycles. The second-order valence-electron chi connectivity index (χ2n) is 12.7. The first-order chi connectivity index (χ1) is 24.3. The molecule has 1 heterocycles. The molecule has 0 aromatic heterocycles. The van der Waals surface area contributed by atoms with Crippen molar-refractivity contribution in [2.45, 2.75) is 64.4 Å². The summed E-state index contributed by atoms with van der Waals surface area (Å²) in [5.41, 5.74) is 11.6. The maximum absolute atomic E-state index is 13.0. The Balaban J connectivity index is 1.35. The second-order valence-corrected chi connectivity index (χ2v) is 14.2. The molecule has 7 nitrogen and oxygen atoms in total. The quantitative estimate of drug-likeness (QED) is 0.0657. The second kappa shape index (κ2) is 15.5. The van der Waals surface area contributed by atoms with Crippen molar-refractivity contribution in [3.8, 4) is 17.2 Å². The molecule has 1 unspecified atom stereocenters. The number of quaternary nitrogens is 1. The number of unbranched alkanes of at least 4 members (excludes halogenated alkanes) is 1. The maximum Gasteiger partial charge on any atom is 0.339 e. The minimum Gasteiger partial charge on any atom is -0.456 e. The van der Waals surface area contributed by atoms with Crippen LogP contribution in [0.4, 0.5) is 11.4 Å². The van der Waals surface area contributed by atoms with Gasteiger partial charge < -0.3 is 13.7 Å². The Morgan fingerprint density at radius 1 is 0.740 bits per heavy atom. The van der Waals surface area contributed by atoms with E-state index in [0.29, 0.717) is 17.8 Å². The van der Waals surface area contributed by atoms with Gasteiger partial charge in [0.15, 0.2) is 5.69 Å². The maximum atomic E-state index is 13.0. The Morgan fingerprint density at radius 3 is 2.20 bits per heavy atom. The molecule has 1 N–H and O–H groups in total. The van der Waals surface area contributed by atoms with Crippen molar-refractivity contribution < 1.29 is 22.1 Å². The molecule has 0 fully saturated rings. The molecule has 1 atom stereocenters. The topological polar surface area (TPSA) is 73.9 Å². The molecule has 50 heavy (non-hydrogen) atoms. The van der Waals surface area contributed by atoms with Gasteiger partial charge in [0, 0.05) is 35.8 Å². The summed E-state index contributed by atoms with van der Waals surface area (Å²) in [5, 5.41) is 0. The van der Waals surface area contributed by atoms with Gasteiger partial charge in [-0.3, -0.25) is 0 Å². The highest BCUT2D eigenvalue weighted by molar-refractivity contribution is 7.87. The van der Waals surface area contributed by atoms with E-state index in [2.05, 4.69) is 86.9 Å². The standard InChI is InChI=1S/C42H47N2O5S/c1-5-9-15-31-20-27-40-39(28-31)42(37-19-14-13-16-32(37)30-47-8-4)38-26-23-34(29-41(38)48-40)44(6-2,7-3)43-33-21-24-36(25-22-33)50(45,46)49-35-17-11-10-12-18-35/h10-14,16-29,42-43H,5-9,15,30H2,1-4H3/q+1. The predicted molar refractivity (Wildman–Crippen MR) is 201 cm³/mol. The number of nitrogens with one attached hydrogen (secondary N) is 1. The number of fused-ring (bicyclic) bond motifs is 2. The van der Waals surface area contributed by atoms with Gasteiger partial charge in [-0.2, -0.15) is 13.0 Å². The lowest BCUT2D eigenvalue weighted by atomic mass is 9.80. The van der Waals surface area contributed by atoms with Gasteiger partial charge in [-0.1, -0.05) is 67.9 Å². The van der Waals surface area contributed by atoms with Gasteiger partial charge in [-0.05, 0) is 98.8 Å². The highest BCUT2D eigenvalue weighted by atomic mass is 32.2. The van der Waals surface area contributed by atoms with Crippen LogP contribution in [0.3, 0.4) is 0 Å². The summed E-state index contributed by atoms with van der Waals surface area (Å²) in [6, 6.07) is 37.1. The minimum atomic E-state index is -3.97. The van der Waals surface area contributed by atoms with Crippen LogP contribution in [0.25, 0.3) is 0 Å². The molecule has 1 aliphatic rings. The number of anilines is 1. The fraction of sp³-hybridized carbons (Fsp3) is 0.286. The van der Waals surface area contributed by atoms with Crippen LogP contribution in [0.15, 0.2) is 120 Å². The van der Waals surface area contributed by atoms with E-state index in [1.165, 1.54) is 22.3 Å². The van der Waals surface area contributed by atoms with Crippen molar-refractivity contribution in [1.82, 2.24) is 4.59 Å². The van der Waals surface area contributed by atoms with Gasteiger partial charge in [0.05, 0.1) is 12.3 Å². The number of nitrogens with zero attached hydrogens (tertiary/aromatic N) is 1. The molecule has 0 radical (unpaired) electrons. The summed E-state index contributed by atoms with van der Waals surface area (Å²) in [5.74, 6) is 1.97. The summed E-state index contributed by atoms with van der Waals surface area (Å²) >= 11 is 0. The van der Waals surface area contributed by atoms with E-state index in [4.69, 9.17) is 13.7 Å². The van der Waals surface area contributed by atoms with Crippen LogP contribution in [0.5, 0.6) is 17.2 Å². The van der Waals surface area contributed by atoms with E-state index in [-0.39, 0.29) is 16.6 Å². The van der Waals surface area contributed by atoms with Crippen LogP contribution >= 0.6 is 0 Å². The van der Waals surface area contributed by atoms with E-state index >= 15 is 0 Å². The lowest BCUT2D eigenvalue weighted by Crippen LogP contribution is -2.53. The van der Waals surface area contributed by atoms with Gasteiger partial charge in [0.1, 0.15) is 35.2 Å². The highest BCUT2D eigenvalue weighted by Gasteiger charge is 2.34. The summed E-state index contributed by atoms with van der Waals surface area (Å²) in [7, 11) is -3.97. The molecule has 0 spiro atoms. The SMILES string of the molecule is CCCCc1ccc2c(c1)C(c1ccccc1COCC)c1ccc([N+](CC)(CC)Nc3ccc(S(=O)(=O)Oc4ccccc4)cc3)cc1O2. The lowest BCUT2D eigenvalue weighted by molar-refractivity contribution is 0.133. The van der Waals surface area contributed by atoms with Crippen molar-refractivity contribution in [2.24, 2.45) is 0 Å². The highest BCUT2D eigenvalue weighted by Crippen LogP contribution is 2.50. The van der Waals surface area contributed by atoms with Crippen LogP contribution in [-0.2, 0) is 27.9 Å². The summed E-state index contributed by atoms with van der Waals surface area (Å²) < 4.78 is 44.3. The van der Waals surface area contributed by atoms with E-state index in [9.17, 15) is 8.42 Å². The van der Waals surface area contributed by atoms with Crippen molar-refractivity contribution in [2.75, 3.05) is 25.1 Å². The first kappa shape index (κ1) is 35.2. The van der Waals surface area contributed by atoms with Crippen LogP contribution in [0.2, 0.25) is 0 Å². The number of ether oxygens (including phenoxy) is 2. The molecule has 0 saturated heterocycles.